The van der Waals surface area contributed by atoms with E-state index in [1.54, 1.807) is 23.5 Å². The van der Waals surface area contributed by atoms with Crippen LogP contribution in [0.2, 0.25) is 0 Å². The summed E-state index contributed by atoms with van der Waals surface area (Å²) in [4.78, 5) is 32.5. The SMILES string of the molecule is COC(=O)COc1c(C=c2sc3n(c2=O)C(c2cccs2)C2=C(N=3)c3ccccc3CC2)cccc1OC. The van der Waals surface area contributed by atoms with E-state index in [0.29, 0.717) is 26.4 Å². The normalized spacial score (nSPS) is 16.3. The Kier molecular flexibility index (Phi) is 6.47. The molecule has 6 rings (SSSR count). The Labute approximate surface area is 226 Å². The van der Waals surface area contributed by atoms with E-state index in [1.807, 2.05) is 34.2 Å². The van der Waals surface area contributed by atoms with Gasteiger partial charge in [0.05, 0.1) is 30.5 Å². The summed E-state index contributed by atoms with van der Waals surface area (Å²) >= 11 is 3.00. The minimum Gasteiger partial charge on any atom is -0.493 e. The standard InChI is InChI=1S/C29H24N2O5S2/c1-34-21-10-5-8-18(27(21)36-16-24(32)35-2)15-23-28(33)31-26(22-11-6-14-37-22)20-13-12-17-7-3-4-9-19(17)25(20)30-29(31)38-23/h3-11,14-15,26H,12-13,16H2,1-2H3. The van der Waals surface area contributed by atoms with Gasteiger partial charge >= 0.3 is 5.97 Å². The summed E-state index contributed by atoms with van der Waals surface area (Å²) in [6, 6.07) is 17.7. The van der Waals surface area contributed by atoms with Crippen LogP contribution >= 0.6 is 22.7 Å². The molecule has 192 valence electrons. The Morgan fingerprint density at radius 2 is 1.97 bits per heavy atom. The molecule has 1 aliphatic heterocycles. The number of aromatic nitrogens is 1. The zero-order chi connectivity index (χ0) is 26.2. The van der Waals surface area contributed by atoms with Crippen LogP contribution in [0.1, 0.15) is 34.0 Å². The first kappa shape index (κ1) is 24.4. The van der Waals surface area contributed by atoms with E-state index in [2.05, 4.69) is 24.3 Å². The topological polar surface area (TPSA) is 79.1 Å². The zero-order valence-corrected chi connectivity index (χ0v) is 22.4. The van der Waals surface area contributed by atoms with Crippen molar-refractivity contribution in [2.24, 2.45) is 4.99 Å². The van der Waals surface area contributed by atoms with E-state index in [0.717, 1.165) is 29.0 Å². The largest absolute Gasteiger partial charge is 0.493 e. The summed E-state index contributed by atoms with van der Waals surface area (Å²) in [7, 11) is 2.83. The molecule has 2 aromatic carbocycles. The van der Waals surface area contributed by atoms with Crippen LogP contribution in [0.25, 0.3) is 11.8 Å². The van der Waals surface area contributed by atoms with Gasteiger partial charge < -0.3 is 14.2 Å². The number of fused-ring (bicyclic) bond motifs is 3. The lowest BCUT2D eigenvalue weighted by Gasteiger charge is -2.30. The number of aryl methyl sites for hydroxylation is 1. The van der Waals surface area contributed by atoms with E-state index in [4.69, 9.17) is 19.2 Å². The molecule has 7 nitrogen and oxygen atoms in total. The fourth-order valence-corrected chi connectivity index (χ4v) is 6.85. The molecule has 0 bridgehead atoms. The van der Waals surface area contributed by atoms with Gasteiger partial charge in [0.25, 0.3) is 5.56 Å². The maximum absolute atomic E-state index is 13.9. The zero-order valence-electron chi connectivity index (χ0n) is 20.8. The number of hydrogen-bond donors (Lipinski definition) is 0. The summed E-state index contributed by atoms with van der Waals surface area (Å²) in [6.07, 6.45) is 3.55. The quantitative estimate of drug-likeness (QED) is 0.344. The minimum atomic E-state index is -0.511. The number of ether oxygens (including phenoxy) is 3. The smallest absolute Gasteiger partial charge is 0.343 e. The lowest BCUT2D eigenvalue weighted by atomic mass is 9.85. The lowest BCUT2D eigenvalue weighted by Crippen LogP contribution is -2.38. The van der Waals surface area contributed by atoms with Crippen molar-refractivity contribution in [3.8, 4) is 11.5 Å². The number of methoxy groups -OCH3 is 2. The van der Waals surface area contributed by atoms with Crippen molar-refractivity contribution in [2.45, 2.75) is 18.9 Å². The molecule has 0 radical (unpaired) electrons. The van der Waals surface area contributed by atoms with Gasteiger partial charge in [-0.15, -0.1) is 11.3 Å². The molecule has 0 saturated heterocycles. The molecule has 0 fully saturated rings. The number of rotatable bonds is 6. The molecule has 0 amide bonds. The first-order valence-corrected chi connectivity index (χ1v) is 13.8. The maximum atomic E-state index is 13.9. The van der Waals surface area contributed by atoms with Gasteiger partial charge in [-0.1, -0.05) is 53.8 Å². The van der Waals surface area contributed by atoms with E-state index in [1.165, 1.54) is 36.7 Å². The summed E-state index contributed by atoms with van der Waals surface area (Å²) < 4.78 is 18.3. The van der Waals surface area contributed by atoms with Crippen LogP contribution in [0.4, 0.5) is 0 Å². The van der Waals surface area contributed by atoms with Crippen molar-refractivity contribution >= 4 is 40.4 Å². The van der Waals surface area contributed by atoms with Gasteiger partial charge in [0.15, 0.2) is 22.9 Å². The van der Waals surface area contributed by atoms with Gasteiger partial charge in [0.2, 0.25) is 0 Å². The summed E-state index contributed by atoms with van der Waals surface area (Å²) in [6.45, 7) is -0.274. The van der Waals surface area contributed by atoms with Crippen LogP contribution in [0.3, 0.4) is 0 Å². The molecule has 9 heteroatoms. The van der Waals surface area contributed by atoms with E-state index in [-0.39, 0.29) is 18.2 Å². The fraction of sp³-hybridized carbons (Fsp3) is 0.207. The second-order valence-electron chi connectivity index (χ2n) is 8.87. The van der Waals surface area contributed by atoms with E-state index >= 15 is 0 Å². The molecule has 2 aromatic heterocycles. The van der Waals surface area contributed by atoms with Crippen LogP contribution in [-0.4, -0.2) is 31.4 Å². The highest BCUT2D eigenvalue weighted by molar-refractivity contribution is 7.10. The van der Waals surface area contributed by atoms with Gasteiger partial charge in [0.1, 0.15) is 0 Å². The number of para-hydroxylation sites is 1. The number of benzene rings is 2. The van der Waals surface area contributed by atoms with Gasteiger partial charge in [-0.05, 0) is 47.6 Å². The third-order valence-electron chi connectivity index (χ3n) is 6.76. The van der Waals surface area contributed by atoms with Gasteiger partial charge in [-0.3, -0.25) is 9.36 Å². The number of esters is 1. The fourth-order valence-electron chi connectivity index (χ4n) is 5.01. The number of carbonyl (C=O) groups excluding carboxylic acids is 1. The first-order valence-electron chi connectivity index (χ1n) is 12.1. The molecule has 38 heavy (non-hydrogen) atoms. The van der Waals surface area contributed by atoms with Crippen molar-refractivity contribution < 1.29 is 19.0 Å². The van der Waals surface area contributed by atoms with Crippen molar-refractivity contribution in [1.29, 1.82) is 0 Å². The molecule has 3 heterocycles. The van der Waals surface area contributed by atoms with Crippen LogP contribution in [0.5, 0.6) is 11.5 Å². The molecule has 2 aliphatic rings. The van der Waals surface area contributed by atoms with Crippen LogP contribution in [0.15, 0.2) is 75.3 Å². The van der Waals surface area contributed by atoms with Crippen molar-refractivity contribution in [1.82, 2.24) is 4.57 Å². The molecular formula is C29H24N2O5S2. The van der Waals surface area contributed by atoms with Gasteiger partial charge in [-0.25, -0.2) is 9.79 Å². The number of carbonyl (C=O) groups is 1. The maximum Gasteiger partial charge on any atom is 0.343 e. The Hall–Kier alpha value is -3.95. The van der Waals surface area contributed by atoms with Crippen molar-refractivity contribution in [3.63, 3.8) is 0 Å². The molecule has 4 aromatic rings. The molecule has 1 unspecified atom stereocenters. The summed E-state index contributed by atoms with van der Waals surface area (Å²) in [5.74, 6) is 0.316. The number of hydrogen-bond acceptors (Lipinski definition) is 8. The summed E-state index contributed by atoms with van der Waals surface area (Å²) in [5.41, 5.74) is 5.08. The number of thiazole rings is 1. The Morgan fingerprint density at radius 3 is 2.76 bits per heavy atom. The highest BCUT2D eigenvalue weighted by Crippen LogP contribution is 2.42. The highest BCUT2D eigenvalue weighted by atomic mass is 32.1. The van der Waals surface area contributed by atoms with Crippen LogP contribution < -0.4 is 24.4 Å². The van der Waals surface area contributed by atoms with Crippen LogP contribution in [0, 0.1) is 0 Å². The predicted octanol–water partition coefficient (Wildman–Crippen LogP) is 3.94. The van der Waals surface area contributed by atoms with Gasteiger partial charge in [0, 0.05) is 16.0 Å². The average Bonchev–Trinajstić information content (AvgIpc) is 3.59. The molecule has 0 saturated carbocycles. The Balaban J connectivity index is 1.54. The Bertz CT molecular complexity index is 1750. The average molecular weight is 545 g/mol. The molecular weight excluding hydrogens is 520 g/mol. The van der Waals surface area contributed by atoms with Crippen molar-refractivity contribution in [3.05, 3.63) is 107 Å². The Morgan fingerprint density at radius 1 is 1.11 bits per heavy atom. The summed E-state index contributed by atoms with van der Waals surface area (Å²) in [5, 5.41) is 2.05. The molecule has 1 aliphatic carbocycles. The van der Waals surface area contributed by atoms with Crippen LogP contribution in [-0.2, 0) is 16.0 Å². The first-order chi connectivity index (χ1) is 18.6. The van der Waals surface area contributed by atoms with E-state index < -0.39 is 5.97 Å². The third kappa shape index (κ3) is 4.17. The minimum absolute atomic E-state index is 0.112. The lowest BCUT2D eigenvalue weighted by molar-refractivity contribution is -0.142. The monoisotopic (exact) mass is 544 g/mol. The van der Waals surface area contributed by atoms with Gasteiger partial charge in [-0.2, -0.15) is 0 Å². The van der Waals surface area contributed by atoms with E-state index in [9.17, 15) is 9.59 Å². The predicted molar refractivity (Wildman–Crippen MR) is 148 cm³/mol. The molecule has 0 spiro atoms. The second kappa shape index (κ2) is 10.1. The molecule has 0 N–H and O–H groups in total. The number of nitrogens with zero attached hydrogens (tertiary/aromatic N) is 2. The molecule has 1 atom stereocenters. The highest BCUT2D eigenvalue weighted by Gasteiger charge is 2.33. The number of allylic oxidation sites excluding steroid dienone is 1. The second-order valence-corrected chi connectivity index (χ2v) is 10.9. The van der Waals surface area contributed by atoms with Crippen molar-refractivity contribution in [2.75, 3.05) is 20.8 Å². The third-order valence-corrected chi connectivity index (χ3v) is 8.67. The number of thiophene rings is 1.